The molecule has 2 aromatic heterocycles. The van der Waals surface area contributed by atoms with Crippen molar-refractivity contribution >= 4 is 16.5 Å². The minimum atomic E-state index is -3.24. The molecule has 0 fully saturated rings. The molecule has 0 saturated heterocycles. The van der Waals surface area contributed by atoms with Crippen molar-refractivity contribution in [3.8, 4) is 0 Å². The van der Waals surface area contributed by atoms with Crippen LogP contribution in [0.3, 0.4) is 0 Å². The summed E-state index contributed by atoms with van der Waals surface area (Å²) in [6.07, 6.45) is 7.50. The van der Waals surface area contributed by atoms with Crippen LogP contribution in [0.25, 0.3) is 0 Å². The molecule has 9 heteroatoms. The molecule has 0 spiro atoms. The van der Waals surface area contributed by atoms with Crippen LogP contribution in [0, 0.1) is 0 Å². The highest BCUT2D eigenvalue weighted by atomic mass is 31.2. The average Bonchev–Trinajstić information content (AvgIpc) is 2.42. The monoisotopic (exact) mass is 302 g/mol. The Bertz CT molecular complexity index is 361. The van der Waals surface area contributed by atoms with E-state index in [9.17, 15) is 18.9 Å². The van der Waals surface area contributed by atoms with Crippen molar-refractivity contribution in [1.82, 2.24) is 0 Å². The first-order valence-electron chi connectivity index (χ1n) is 4.92. The molecule has 2 unspecified atom stereocenters. The van der Waals surface area contributed by atoms with Crippen LogP contribution < -0.4 is 19.8 Å². The summed E-state index contributed by atoms with van der Waals surface area (Å²) in [5.41, 5.74) is 0. The zero-order valence-electron chi connectivity index (χ0n) is 9.71. The quantitative estimate of drug-likeness (QED) is 0.726. The Morgan fingerprint density at radius 1 is 0.684 bits per heavy atom. The Kier molecular flexibility index (Phi) is 11.7. The maximum absolute atomic E-state index is 9.24. The summed E-state index contributed by atoms with van der Waals surface area (Å²) in [6, 6.07) is 11.7. The molecule has 100 valence electrons. The van der Waals surface area contributed by atoms with Crippen molar-refractivity contribution in [3.05, 3.63) is 61.2 Å². The first-order valence-corrected chi connectivity index (χ1v) is 7.11. The van der Waals surface area contributed by atoms with Crippen LogP contribution in [0.15, 0.2) is 61.2 Å². The third-order valence-electron chi connectivity index (χ3n) is 1.35. The number of aromatic nitrogens is 2. The molecule has 2 aromatic rings. The molecule has 7 nitrogen and oxygen atoms in total. The smallest absolute Gasteiger partial charge is 0.543 e. The van der Waals surface area contributed by atoms with Crippen LogP contribution in [0.4, 0.5) is 0 Å². The fourth-order valence-corrected chi connectivity index (χ4v) is 1.17. The summed E-state index contributed by atoms with van der Waals surface area (Å²) in [5, 5.41) is 0. The lowest BCUT2D eigenvalue weighted by molar-refractivity contribution is -0.378. The molecule has 0 aliphatic heterocycles. The van der Waals surface area contributed by atoms with Gasteiger partial charge in [0.2, 0.25) is 0 Å². The van der Waals surface area contributed by atoms with Gasteiger partial charge in [-0.1, -0.05) is 12.1 Å². The van der Waals surface area contributed by atoms with Gasteiger partial charge in [-0.25, -0.2) is 9.97 Å². The lowest BCUT2D eigenvalue weighted by Gasteiger charge is -1.72. The fourth-order valence-electron chi connectivity index (χ4n) is 0.738. The number of hydrogen-bond acceptors (Lipinski definition) is 5. The second kappa shape index (κ2) is 12.8. The molecular weight excluding hydrogens is 290 g/mol. The fraction of sp³-hybridized carbons (Fsp3) is 0. The van der Waals surface area contributed by atoms with Crippen molar-refractivity contribution in [3.63, 3.8) is 0 Å². The van der Waals surface area contributed by atoms with Crippen LogP contribution in [0.2, 0.25) is 0 Å². The average molecular weight is 302 g/mol. The highest BCUT2D eigenvalue weighted by molar-refractivity contribution is 7.44. The molecule has 2 atom stereocenters. The summed E-state index contributed by atoms with van der Waals surface area (Å²) in [5.74, 6) is 0. The minimum absolute atomic E-state index is 1.88. The summed E-state index contributed by atoms with van der Waals surface area (Å²) in [4.78, 5) is 24.3. The first-order chi connectivity index (χ1) is 9.13. The largest absolute Gasteiger partial charge is 0.563 e. The van der Waals surface area contributed by atoms with E-state index in [2.05, 4.69) is 14.3 Å². The van der Waals surface area contributed by atoms with E-state index < -0.39 is 16.5 Å². The normalized spacial score (nSPS) is 10.0. The summed E-state index contributed by atoms with van der Waals surface area (Å²) >= 11 is 0. The topological polar surface area (TPSA) is 118 Å². The lowest BCUT2D eigenvalue weighted by Crippen LogP contribution is -1.93. The molecule has 0 bridgehead atoms. The van der Waals surface area contributed by atoms with E-state index in [1.54, 1.807) is 0 Å². The standard InChI is InChI=1S/2C5H5N.O5P2/c2*1-2-4-6-5-3-1;1-6(2)5-7(3)4/h2*1-5H;/p+2. The van der Waals surface area contributed by atoms with Crippen molar-refractivity contribution < 1.29 is 33.2 Å². The zero-order valence-corrected chi connectivity index (χ0v) is 11.5. The van der Waals surface area contributed by atoms with E-state index in [0.717, 1.165) is 0 Å². The molecule has 2 heterocycles. The summed E-state index contributed by atoms with van der Waals surface area (Å²) in [7, 11) is -6.47. The minimum Gasteiger partial charge on any atom is -0.563 e. The van der Waals surface area contributed by atoms with E-state index in [-0.39, 0.29) is 0 Å². The van der Waals surface area contributed by atoms with Gasteiger partial charge in [-0.3, -0.25) is 0 Å². The maximum atomic E-state index is 9.24. The third kappa shape index (κ3) is 16.4. The molecule has 2 N–H and O–H groups in total. The Balaban J connectivity index is 0.000000256. The van der Waals surface area contributed by atoms with Crippen LogP contribution >= 0.6 is 16.5 Å². The molecule has 0 saturated carbocycles. The van der Waals surface area contributed by atoms with Gasteiger partial charge in [-0.15, -0.1) is 0 Å². The Labute approximate surface area is 111 Å². The van der Waals surface area contributed by atoms with E-state index in [1.165, 1.54) is 0 Å². The van der Waals surface area contributed by atoms with Crippen LogP contribution in [0.5, 0.6) is 0 Å². The van der Waals surface area contributed by atoms with Crippen molar-refractivity contribution in [1.29, 1.82) is 0 Å². The van der Waals surface area contributed by atoms with Gasteiger partial charge in [0.05, 0.1) is 0 Å². The number of aromatic amines is 2. The van der Waals surface area contributed by atoms with Gasteiger partial charge in [-0.2, -0.15) is 0 Å². The van der Waals surface area contributed by atoms with E-state index in [0.29, 0.717) is 0 Å². The molecule has 0 amide bonds. The van der Waals surface area contributed by atoms with E-state index in [4.69, 9.17) is 0 Å². The molecule has 0 aromatic carbocycles. The molecule has 0 aliphatic rings. The van der Waals surface area contributed by atoms with E-state index >= 15 is 0 Å². The molecule has 19 heavy (non-hydrogen) atoms. The first kappa shape index (κ1) is 17.4. The number of H-pyrrole nitrogens is 2. The second-order valence-electron chi connectivity index (χ2n) is 2.68. The molecule has 0 aliphatic carbocycles. The van der Waals surface area contributed by atoms with E-state index in [1.807, 2.05) is 61.2 Å². The number of hydrogen-bond donors (Lipinski definition) is 0. The maximum Gasteiger partial charge on any atom is 0.543 e. The van der Waals surface area contributed by atoms with Crippen molar-refractivity contribution in [2.24, 2.45) is 0 Å². The van der Waals surface area contributed by atoms with Gasteiger partial charge in [0.15, 0.2) is 24.8 Å². The Hall–Kier alpha value is -1.62. The highest BCUT2D eigenvalue weighted by Gasteiger charge is 2.13. The van der Waals surface area contributed by atoms with Gasteiger partial charge in [0, 0.05) is 24.3 Å². The molecule has 2 rings (SSSR count). The Morgan fingerprint density at radius 3 is 1.05 bits per heavy atom. The predicted molar refractivity (Wildman–Crippen MR) is 62.3 cm³/mol. The van der Waals surface area contributed by atoms with Crippen molar-refractivity contribution in [2.45, 2.75) is 0 Å². The van der Waals surface area contributed by atoms with Crippen LogP contribution in [-0.4, -0.2) is 0 Å². The van der Waals surface area contributed by atoms with Gasteiger partial charge < -0.3 is 9.79 Å². The second-order valence-corrected chi connectivity index (χ2v) is 4.23. The number of pyridine rings is 2. The zero-order chi connectivity index (χ0) is 14.3. The van der Waals surface area contributed by atoms with Gasteiger partial charge in [0.25, 0.3) is 0 Å². The van der Waals surface area contributed by atoms with Gasteiger partial charge >= 0.3 is 16.5 Å². The number of nitrogens with one attached hydrogen (secondary N) is 2. The van der Waals surface area contributed by atoms with Crippen LogP contribution in [0.1, 0.15) is 0 Å². The Morgan fingerprint density at radius 2 is 1.00 bits per heavy atom. The molecular formula is C10H12N2O5P2+2. The number of rotatable bonds is 2. The summed E-state index contributed by atoms with van der Waals surface area (Å²) < 4.78 is 21.6. The third-order valence-corrected chi connectivity index (χ3v) is 2.41. The highest BCUT2D eigenvalue weighted by Crippen LogP contribution is 2.24. The predicted octanol–water partition coefficient (Wildman–Crippen LogP) is 0.0398. The van der Waals surface area contributed by atoms with Crippen LogP contribution in [-0.2, 0) is 13.4 Å². The molecule has 0 radical (unpaired) electrons. The van der Waals surface area contributed by atoms with Gasteiger partial charge in [0.1, 0.15) is 4.31 Å². The summed E-state index contributed by atoms with van der Waals surface area (Å²) in [6.45, 7) is 0. The lowest BCUT2D eigenvalue weighted by atomic mass is 10.5. The SMILES string of the molecule is O=[P+]([O-])O[P+](=O)[O-].c1cc[nH+]cc1.c1cc[nH+]cc1. The van der Waals surface area contributed by atoms with Gasteiger partial charge in [-0.05, 0) is 9.13 Å². The van der Waals surface area contributed by atoms with Crippen molar-refractivity contribution in [2.75, 3.05) is 0 Å².